The van der Waals surface area contributed by atoms with E-state index >= 15 is 0 Å². The monoisotopic (exact) mass is 508 g/mol. The van der Waals surface area contributed by atoms with Crippen LogP contribution < -0.4 is 15.4 Å². The van der Waals surface area contributed by atoms with Crippen molar-refractivity contribution in [3.63, 3.8) is 0 Å². The summed E-state index contributed by atoms with van der Waals surface area (Å²) in [4.78, 5) is 26.2. The number of hydrogen-bond acceptors (Lipinski definition) is 4. The maximum Gasteiger partial charge on any atom is 0.269 e. The number of rotatable bonds is 9. The Kier molecular flexibility index (Phi) is 8.80. The van der Waals surface area contributed by atoms with Crippen LogP contribution in [-0.4, -0.2) is 36.7 Å². The second-order valence-electron chi connectivity index (χ2n) is 7.28. The standard InChI is InChI=1S/C26H25BrN2O4/c1-33-22-14-8-13-20(16-22)25(31)29-24(23(27)19-11-6-3-7-12-19)26(32)28-21(17-30)15-18-9-4-2-5-10-18/h2-14,16,21,30H,15,17H2,1H3,(H,28,32)(H,29,31)/b24-23-/t21-/m0/s1. The van der Waals surface area contributed by atoms with Crippen molar-refractivity contribution < 1.29 is 19.4 Å². The molecule has 0 heterocycles. The van der Waals surface area contributed by atoms with Gasteiger partial charge in [-0.1, -0.05) is 66.7 Å². The average Bonchev–Trinajstić information content (AvgIpc) is 2.87. The Hall–Kier alpha value is -3.42. The molecule has 0 saturated heterocycles. The van der Waals surface area contributed by atoms with Crippen LogP contribution in [0, 0.1) is 0 Å². The highest BCUT2D eigenvalue weighted by molar-refractivity contribution is 9.15. The normalized spacial score (nSPS) is 12.3. The molecule has 0 spiro atoms. The van der Waals surface area contributed by atoms with E-state index in [2.05, 4.69) is 26.6 Å². The summed E-state index contributed by atoms with van der Waals surface area (Å²) >= 11 is 3.48. The predicted molar refractivity (Wildman–Crippen MR) is 132 cm³/mol. The van der Waals surface area contributed by atoms with Crippen molar-refractivity contribution in [3.8, 4) is 5.75 Å². The number of aliphatic hydroxyl groups is 1. The van der Waals surface area contributed by atoms with Gasteiger partial charge in [-0.3, -0.25) is 9.59 Å². The first kappa shape index (κ1) is 24.2. The Bertz CT molecular complexity index is 1120. The topological polar surface area (TPSA) is 87.7 Å². The van der Waals surface area contributed by atoms with Gasteiger partial charge >= 0.3 is 0 Å². The molecule has 33 heavy (non-hydrogen) atoms. The van der Waals surface area contributed by atoms with Gasteiger partial charge in [-0.15, -0.1) is 0 Å². The van der Waals surface area contributed by atoms with Crippen LogP contribution in [0.5, 0.6) is 5.75 Å². The first-order chi connectivity index (χ1) is 16.0. The largest absolute Gasteiger partial charge is 0.497 e. The Morgan fingerprint density at radius 1 is 0.939 bits per heavy atom. The van der Waals surface area contributed by atoms with Crippen molar-refractivity contribution in [2.24, 2.45) is 0 Å². The lowest BCUT2D eigenvalue weighted by Crippen LogP contribution is -2.43. The number of carbonyl (C=O) groups is 2. The van der Waals surface area contributed by atoms with Crippen LogP contribution in [0.15, 0.2) is 90.6 Å². The zero-order chi connectivity index (χ0) is 23.6. The maximum absolute atomic E-state index is 13.3. The van der Waals surface area contributed by atoms with Crippen LogP contribution in [0.1, 0.15) is 21.5 Å². The van der Waals surface area contributed by atoms with Gasteiger partial charge in [0.1, 0.15) is 11.4 Å². The molecule has 170 valence electrons. The molecule has 3 aromatic rings. The smallest absolute Gasteiger partial charge is 0.269 e. The van der Waals surface area contributed by atoms with E-state index in [1.165, 1.54) is 7.11 Å². The van der Waals surface area contributed by atoms with E-state index in [1.807, 2.05) is 60.7 Å². The van der Waals surface area contributed by atoms with E-state index in [1.54, 1.807) is 24.3 Å². The number of benzene rings is 3. The van der Waals surface area contributed by atoms with Crippen LogP contribution in [0.25, 0.3) is 4.48 Å². The van der Waals surface area contributed by atoms with Crippen LogP contribution in [0.3, 0.4) is 0 Å². The van der Waals surface area contributed by atoms with Crippen molar-refractivity contribution in [2.45, 2.75) is 12.5 Å². The molecule has 3 rings (SSSR count). The van der Waals surface area contributed by atoms with Crippen LogP contribution in [0.2, 0.25) is 0 Å². The summed E-state index contributed by atoms with van der Waals surface area (Å²) in [5.41, 5.74) is 2.08. The first-order valence-corrected chi connectivity index (χ1v) is 11.2. The third-order valence-corrected chi connectivity index (χ3v) is 5.78. The summed E-state index contributed by atoms with van der Waals surface area (Å²) in [5.74, 6) is -0.449. The highest BCUT2D eigenvalue weighted by Crippen LogP contribution is 2.25. The molecule has 1 atom stereocenters. The number of ether oxygens (including phenoxy) is 1. The van der Waals surface area contributed by atoms with Gasteiger partial charge < -0.3 is 20.5 Å². The Labute approximate surface area is 201 Å². The highest BCUT2D eigenvalue weighted by Gasteiger charge is 2.22. The minimum absolute atomic E-state index is 0.0422. The molecule has 0 saturated carbocycles. The lowest BCUT2D eigenvalue weighted by atomic mass is 10.1. The Morgan fingerprint density at radius 3 is 2.21 bits per heavy atom. The summed E-state index contributed by atoms with van der Waals surface area (Å²) in [6.45, 7) is -0.249. The number of aliphatic hydroxyl groups excluding tert-OH is 1. The molecular formula is C26H25BrN2O4. The van der Waals surface area contributed by atoms with Crippen molar-refractivity contribution in [3.05, 3.63) is 107 Å². The Balaban J connectivity index is 1.88. The lowest BCUT2D eigenvalue weighted by Gasteiger charge is -2.19. The summed E-state index contributed by atoms with van der Waals surface area (Å²) in [5, 5.41) is 15.4. The molecule has 0 aliphatic carbocycles. The predicted octanol–water partition coefficient (Wildman–Crippen LogP) is 3.91. The van der Waals surface area contributed by atoms with E-state index in [0.717, 1.165) is 11.1 Å². The molecule has 0 unspecified atom stereocenters. The van der Waals surface area contributed by atoms with Crippen molar-refractivity contribution in [1.82, 2.24) is 10.6 Å². The fourth-order valence-electron chi connectivity index (χ4n) is 3.21. The van der Waals surface area contributed by atoms with Crippen LogP contribution >= 0.6 is 15.9 Å². The summed E-state index contributed by atoms with van der Waals surface area (Å²) < 4.78 is 5.61. The third kappa shape index (κ3) is 6.78. The van der Waals surface area contributed by atoms with Gasteiger partial charge in [-0.25, -0.2) is 0 Å². The molecule has 0 aromatic heterocycles. The minimum Gasteiger partial charge on any atom is -0.497 e. The van der Waals surface area contributed by atoms with Gasteiger partial charge in [-0.2, -0.15) is 0 Å². The lowest BCUT2D eigenvalue weighted by molar-refractivity contribution is -0.118. The van der Waals surface area contributed by atoms with Gasteiger partial charge in [0.25, 0.3) is 11.8 Å². The fourth-order valence-corrected chi connectivity index (χ4v) is 3.75. The first-order valence-electron chi connectivity index (χ1n) is 10.4. The third-order valence-electron chi connectivity index (χ3n) is 4.92. The van der Waals surface area contributed by atoms with E-state index in [-0.39, 0.29) is 12.3 Å². The number of halogens is 1. The Morgan fingerprint density at radius 2 is 1.58 bits per heavy atom. The molecule has 0 aliphatic heterocycles. The molecule has 3 aromatic carbocycles. The average molecular weight is 509 g/mol. The number of amides is 2. The fraction of sp³-hybridized carbons (Fsp3) is 0.154. The van der Waals surface area contributed by atoms with Crippen molar-refractivity contribution in [2.75, 3.05) is 13.7 Å². The van der Waals surface area contributed by atoms with Crippen molar-refractivity contribution in [1.29, 1.82) is 0 Å². The van der Waals surface area contributed by atoms with Crippen LogP contribution in [-0.2, 0) is 11.2 Å². The number of hydrogen-bond donors (Lipinski definition) is 3. The number of methoxy groups -OCH3 is 1. The van der Waals surface area contributed by atoms with Gasteiger partial charge in [0.15, 0.2) is 0 Å². The maximum atomic E-state index is 13.3. The molecule has 0 fully saturated rings. The summed E-state index contributed by atoms with van der Waals surface area (Å²) in [6, 6.07) is 24.9. The van der Waals surface area contributed by atoms with E-state index < -0.39 is 17.9 Å². The quantitative estimate of drug-likeness (QED) is 0.382. The summed E-state index contributed by atoms with van der Waals surface area (Å²) in [7, 11) is 1.52. The van der Waals surface area contributed by atoms with Gasteiger partial charge in [-0.05, 0) is 51.7 Å². The van der Waals surface area contributed by atoms with E-state index in [0.29, 0.717) is 22.2 Å². The second-order valence-corrected chi connectivity index (χ2v) is 8.08. The summed E-state index contributed by atoms with van der Waals surface area (Å²) in [6.07, 6.45) is 0.448. The molecule has 2 amide bonds. The van der Waals surface area contributed by atoms with E-state index in [9.17, 15) is 14.7 Å². The highest BCUT2D eigenvalue weighted by atomic mass is 79.9. The zero-order valence-corrected chi connectivity index (χ0v) is 19.7. The van der Waals surface area contributed by atoms with Crippen LogP contribution in [0.4, 0.5) is 0 Å². The zero-order valence-electron chi connectivity index (χ0n) is 18.1. The minimum atomic E-state index is -0.528. The molecule has 0 radical (unpaired) electrons. The SMILES string of the molecule is COc1cccc(C(=O)N/C(C(=O)N[C@H](CO)Cc2ccccc2)=C(\Br)c2ccccc2)c1. The van der Waals surface area contributed by atoms with Gasteiger partial charge in [0, 0.05) is 5.56 Å². The molecule has 0 aliphatic rings. The number of nitrogens with one attached hydrogen (secondary N) is 2. The van der Waals surface area contributed by atoms with E-state index in [4.69, 9.17) is 4.74 Å². The molecular weight excluding hydrogens is 484 g/mol. The number of carbonyl (C=O) groups excluding carboxylic acids is 2. The van der Waals surface area contributed by atoms with Gasteiger partial charge in [0.2, 0.25) is 0 Å². The van der Waals surface area contributed by atoms with Gasteiger partial charge in [0.05, 0.1) is 24.2 Å². The molecule has 6 nitrogen and oxygen atoms in total. The second kappa shape index (κ2) is 12.0. The molecule has 0 bridgehead atoms. The van der Waals surface area contributed by atoms with Crippen molar-refractivity contribution >= 4 is 32.2 Å². The molecule has 3 N–H and O–H groups in total. The molecule has 7 heteroatoms.